The lowest BCUT2D eigenvalue weighted by molar-refractivity contribution is -0.140. The summed E-state index contributed by atoms with van der Waals surface area (Å²) >= 11 is 0. The Hall–Kier alpha value is -2.39. The molecule has 0 unspecified atom stereocenters. The van der Waals surface area contributed by atoms with Crippen LogP contribution in [0.5, 0.6) is 0 Å². The Morgan fingerprint density at radius 3 is 2.15 bits per heavy atom. The van der Waals surface area contributed by atoms with Gasteiger partial charge in [0.25, 0.3) is 0 Å². The first-order valence-corrected chi connectivity index (χ1v) is 9.05. The van der Waals surface area contributed by atoms with Gasteiger partial charge in [-0.05, 0) is 17.7 Å². The molecule has 140 valence electrons. The average molecular weight is 386 g/mol. The van der Waals surface area contributed by atoms with Crippen molar-refractivity contribution < 1.29 is 26.4 Å². The number of alkyl halides is 3. The summed E-state index contributed by atoms with van der Waals surface area (Å²) in [5, 5.41) is 0. The lowest BCUT2D eigenvalue weighted by Gasteiger charge is -2.24. The molecule has 0 aliphatic carbocycles. The zero-order valence-corrected chi connectivity index (χ0v) is 14.4. The Morgan fingerprint density at radius 1 is 1.00 bits per heavy atom. The van der Waals surface area contributed by atoms with E-state index in [1.54, 1.807) is 30.3 Å². The standard InChI is InChI=1S/C17H17F3N2O3S/c18-17(19,20)14-8-4-5-9-15(14)26(24,25)22(11-10-16(21)23)12-13-6-2-1-3-7-13/h1-9H,10-12H2,(H2,21,23). The van der Waals surface area contributed by atoms with Gasteiger partial charge >= 0.3 is 6.18 Å². The SMILES string of the molecule is NC(=O)CCN(Cc1ccccc1)S(=O)(=O)c1ccccc1C(F)(F)F. The van der Waals surface area contributed by atoms with Gasteiger partial charge in [-0.1, -0.05) is 42.5 Å². The molecule has 0 fully saturated rings. The molecular weight excluding hydrogens is 369 g/mol. The quantitative estimate of drug-likeness (QED) is 0.795. The van der Waals surface area contributed by atoms with Crippen LogP contribution in [0.25, 0.3) is 0 Å². The molecule has 0 spiro atoms. The summed E-state index contributed by atoms with van der Waals surface area (Å²) in [6.45, 7) is -0.499. The van der Waals surface area contributed by atoms with Gasteiger partial charge < -0.3 is 5.73 Å². The second-order valence-electron chi connectivity index (χ2n) is 5.53. The molecule has 0 aliphatic heterocycles. The Bertz CT molecular complexity index is 868. The minimum absolute atomic E-state index is 0.178. The van der Waals surface area contributed by atoms with Gasteiger partial charge in [0.05, 0.1) is 10.5 Å². The summed E-state index contributed by atoms with van der Waals surface area (Å²) in [5.74, 6) is -0.748. The number of carbonyl (C=O) groups is 1. The Morgan fingerprint density at radius 2 is 1.58 bits per heavy atom. The van der Waals surface area contributed by atoms with Crippen molar-refractivity contribution in [2.75, 3.05) is 6.54 Å². The maximum Gasteiger partial charge on any atom is 0.417 e. The molecule has 0 saturated heterocycles. The monoisotopic (exact) mass is 386 g/mol. The van der Waals surface area contributed by atoms with Crippen LogP contribution in [0.1, 0.15) is 17.5 Å². The topological polar surface area (TPSA) is 80.5 Å². The summed E-state index contributed by atoms with van der Waals surface area (Å²) in [6, 6.07) is 12.3. The van der Waals surface area contributed by atoms with Gasteiger partial charge in [-0.25, -0.2) is 8.42 Å². The first-order valence-electron chi connectivity index (χ1n) is 7.61. The zero-order valence-electron chi connectivity index (χ0n) is 13.6. The van der Waals surface area contributed by atoms with Crippen molar-refractivity contribution in [1.82, 2.24) is 4.31 Å². The van der Waals surface area contributed by atoms with E-state index in [0.29, 0.717) is 11.6 Å². The van der Waals surface area contributed by atoms with Gasteiger partial charge in [-0.2, -0.15) is 17.5 Å². The van der Waals surface area contributed by atoms with Crippen LogP contribution in [0.15, 0.2) is 59.5 Å². The van der Waals surface area contributed by atoms with Gasteiger partial charge in [0.1, 0.15) is 0 Å². The van der Waals surface area contributed by atoms with E-state index in [9.17, 15) is 26.4 Å². The highest BCUT2D eigenvalue weighted by Crippen LogP contribution is 2.35. The molecule has 0 radical (unpaired) electrons. The maximum atomic E-state index is 13.2. The van der Waals surface area contributed by atoms with Gasteiger partial charge in [0.15, 0.2) is 0 Å². The highest BCUT2D eigenvalue weighted by Gasteiger charge is 2.38. The molecule has 26 heavy (non-hydrogen) atoms. The fourth-order valence-electron chi connectivity index (χ4n) is 2.37. The lowest BCUT2D eigenvalue weighted by Crippen LogP contribution is -2.34. The number of nitrogens with zero attached hydrogens (tertiary/aromatic N) is 1. The van der Waals surface area contributed by atoms with Gasteiger partial charge in [0, 0.05) is 19.5 Å². The number of amides is 1. The summed E-state index contributed by atoms with van der Waals surface area (Å²) in [7, 11) is -4.50. The van der Waals surface area contributed by atoms with Crippen molar-refractivity contribution in [3.63, 3.8) is 0 Å². The average Bonchev–Trinajstić information content (AvgIpc) is 2.58. The van der Waals surface area contributed by atoms with Crippen molar-refractivity contribution in [3.05, 3.63) is 65.7 Å². The molecule has 0 aromatic heterocycles. The van der Waals surface area contributed by atoms with Gasteiger partial charge in [0.2, 0.25) is 15.9 Å². The van der Waals surface area contributed by atoms with E-state index >= 15 is 0 Å². The molecule has 2 aromatic rings. The molecule has 1 amide bonds. The predicted octanol–water partition coefficient (Wildman–Crippen LogP) is 2.77. The molecule has 5 nitrogen and oxygen atoms in total. The van der Waals surface area contributed by atoms with Crippen LogP contribution in [0.3, 0.4) is 0 Å². The highest BCUT2D eigenvalue weighted by molar-refractivity contribution is 7.89. The van der Waals surface area contributed by atoms with Crippen LogP contribution in [0.4, 0.5) is 13.2 Å². The van der Waals surface area contributed by atoms with E-state index in [2.05, 4.69) is 0 Å². The van der Waals surface area contributed by atoms with E-state index < -0.39 is 32.6 Å². The molecule has 0 atom stereocenters. The number of sulfonamides is 1. The van der Waals surface area contributed by atoms with Gasteiger partial charge in [-0.3, -0.25) is 4.79 Å². The molecule has 0 saturated carbocycles. The largest absolute Gasteiger partial charge is 0.417 e. The van der Waals surface area contributed by atoms with Crippen LogP contribution in [-0.4, -0.2) is 25.2 Å². The van der Waals surface area contributed by atoms with Crippen molar-refractivity contribution in [2.24, 2.45) is 5.73 Å². The van der Waals surface area contributed by atoms with Crippen molar-refractivity contribution in [2.45, 2.75) is 24.0 Å². The molecule has 2 rings (SSSR count). The fourth-order valence-corrected chi connectivity index (χ4v) is 4.01. The molecule has 0 heterocycles. The summed E-state index contributed by atoms with van der Waals surface area (Å²) in [6.07, 6.45) is -5.13. The third-order valence-electron chi connectivity index (χ3n) is 3.62. The first kappa shape index (κ1) is 19.9. The fraction of sp³-hybridized carbons (Fsp3) is 0.235. The molecule has 0 aliphatic rings. The predicted molar refractivity (Wildman–Crippen MR) is 89.3 cm³/mol. The van der Waals surface area contributed by atoms with Crippen molar-refractivity contribution >= 4 is 15.9 Å². The third-order valence-corrected chi connectivity index (χ3v) is 5.52. The van der Waals surface area contributed by atoms with E-state index in [4.69, 9.17) is 5.73 Å². The lowest BCUT2D eigenvalue weighted by atomic mass is 10.2. The summed E-state index contributed by atoms with van der Waals surface area (Å²) in [4.78, 5) is 10.2. The smallest absolute Gasteiger partial charge is 0.370 e. The molecular formula is C17H17F3N2O3S. The number of carbonyl (C=O) groups excluding carboxylic acids is 1. The van der Waals surface area contributed by atoms with Gasteiger partial charge in [-0.15, -0.1) is 0 Å². The molecule has 0 bridgehead atoms. The maximum absolute atomic E-state index is 13.2. The number of rotatable bonds is 7. The van der Waals surface area contributed by atoms with Crippen LogP contribution < -0.4 is 5.73 Å². The van der Waals surface area contributed by atoms with Crippen molar-refractivity contribution in [3.8, 4) is 0 Å². The Balaban J connectivity index is 2.47. The summed E-state index contributed by atoms with van der Waals surface area (Å²) < 4.78 is 66.3. The molecule has 2 aromatic carbocycles. The number of halogens is 3. The number of hydrogen-bond donors (Lipinski definition) is 1. The normalized spacial score (nSPS) is 12.3. The van der Waals surface area contributed by atoms with E-state index in [1.807, 2.05) is 0 Å². The molecule has 2 N–H and O–H groups in total. The summed E-state index contributed by atoms with van der Waals surface area (Å²) in [5.41, 5.74) is 4.40. The number of hydrogen-bond acceptors (Lipinski definition) is 3. The van der Waals surface area contributed by atoms with E-state index in [0.717, 1.165) is 16.4 Å². The first-order chi connectivity index (χ1) is 12.1. The minimum atomic E-state index is -4.83. The van der Waals surface area contributed by atoms with E-state index in [1.165, 1.54) is 6.07 Å². The van der Waals surface area contributed by atoms with Crippen LogP contribution in [0.2, 0.25) is 0 Å². The molecule has 9 heteroatoms. The number of benzene rings is 2. The second-order valence-corrected chi connectivity index (χ2v) is 7.44. The zero-order chi connectivity index (χ0) is 19.4. The Kier molecular flexibility index (Phi) is 6.04. The van der Waals surface area contributed by atoms with Crippen LogP contribution in [0, 0.1) is 0 Å². The number of nitrogens with two attached hydrogens (primary N) is 1. The second kappa shape index (κ2) is 7.88. The van der Waals surface area contributed by atoms with Crippen LogP contribution in [-0.2, 0) is 27.5 Å². The van der Waals surface area contributed by atoms with Crippen LogP contribution >= 0.6 is 0 Å². The highest BCUT2D eigenvalue weighted by atomic mass is 32.2. The minimum Gasteiger partial charge on any atom is -0.370 e. The Labute approximate surface area is 149 Å². The third kappa shape index (κ3) is 4.83. The van der Waals surface area contributed by atoms with Crippen molar-refractivity contribution in [1.29, 1.82) is 0 Å². The number of primary amides is 1. The van der Waals surface area contributed by atoms with E-state index in [-0.39, 0.29) is 19.5 Å².